The summed E-state index contributed by atoms with van der Waals surface area (Å²) in [5.41, 5.74) is 2.03. The minimum Gasteiger partial charge on any atom is -0.476 e. The van der Waals surface area contributed by atoms with Crippen LogP contribution in [0.4, 0.5) is 0 Å². The lowest BCUT2D eigenvalue weighted by molar-refractivity contribution is 0.0687. The standard InChI is InChI=1S/C10H12N4O2/c1-3-6-5-8-11-12-9(10(15)16)7(4-2)14(8)13-6/h5H,3-4H2,1-2H3,(H,15,16). The van der Waals surface area contributed by atoms with Crippen molar-refractivity contribution in [3.63, 3.8) is 0 Å². The first kappa shape index (κ1) is 10.5. The molecule has 6 heteroatoms. The SMILES string of the molecule is CCc1cc2nnc(C(=O)O)c(CC)n2n1. The quantitative estimate of drug-likeness (QED) is 0.832. The van der Waals surface area contributed by atoms with E-state index >= 15 is 0 Å². The molecule has 2 aromatic heterocycles. The zero-order valence-electron chi connectivity index (χ0n) is 9.14. The summed E-state index contributed by atoms with van der Waals surface area (Å²) in [6.45, 7) is 3.86. The molecule has 0 spiro atoms. The third-order valence-electron chi connectivity index (χ3n) is 2.42. The molecular formula is C10H12N4O2. The molecule has 0 amide bonds. The van der Waals surface area contributed by atoms with E-state index in [9.17, 15) is 4.79 Å². The molecule has 0 aliphatic carbocycles. The zero-order chi connectivity index (χ0) is 11.7. The number of nitrogens with zero attached hydrogens (tertiary/aromatic N) is 4. The minimum atomic E-state index is -1.07. The van der Waals surface area contributed by atoms with Crippen LogP contribution in [0, 0.1) is 0 Å². The molecule has 0 saturated carbocycles. The van der Waals surface area contributed by atoms with E-state index in [2.05, 4.69) is 15.3 Å². The van der Waals surface area contributed by atoms with E-state index in [1.807, 2.05) is 19.9 Å². The van der Waals surface area contributed by atoms with Crippen LogP contribution < -0.4 is 0 Å². The number of aromatic carboxylic acids is 1. The number of carboxylic acid groups (broad SMARTS) is 1. The van der Waals surface area contributed by atoms with Crippen molar-refractivity contribution < 1.29 is 9.90 Å². The highest BCUT2D eigenvalue weighted by atomic mass is 16.4. The van der Waals surface area contributed by atoms with Crippen molar-refractivity contribution in [1.29, 1.82) is 0 Å². The zero-order valence-corrected chi connectivity index (χ0v) is 9.14. The Morgan fingerprint density at radius 1 is 1.38 bits per heavy atom. The lowest BCUT2D eigenvalue weighted by Crippen LogP contribution is -2.12. The Labute approximate surface area is 91.9 Å². The Kier molecular flexibility index (Phi) is 2.55. The van der Waals surface area contributed by atoms with Gasteiger partial charge in [0.05, 0.1) is 11.4 Å². The Morgan fingerprint density at radius 3 is 2.69 bits per heavy atom. The van der Waals surface area contributed by atoms with Crippen LogP contribution in [0.25, 0.3) is 5.65 Å². The maximum absolute atomic E-state index is 11.0. The van der Waals surface area contributed by atoms with Gasteiger partial charge in [0.2, 0.25) is 0 Å². The summed E-state index contributed by atoms with van der Waals surface area (Å²) >= 11 is 0. The summed E-state index contributed by atoms with van der Waals surface area (Å²) < 4.78 is 1.56. The van der Waals surface area contributed by atoms with E-state index in [0.29, 0.717) is 17.8 Å². The topological polar surface area (TPSA) is 80.4 Å². The number of aromatic nitrogens is 4. The van der Waals surface area contributed by atoms with Gasteiger partial charge in [0.25, 0.3) is 0 Å². The van der Waals surface area contributed by atoms with Crippen molar-refractivity contribution in [2.45, 2.75) is 26.7 Å². The molecule has 0 radical (unpaired) electrons. The van der Waals surface area contributed by atoms with Gasteiger partial charge in [-0.2, -0.15) is 5.10 Å². The molecular weight excluding hydrogens is 208 g/mol. The first-order valence-corrected chi connectivity index (χ1v) is 5.14. The number of aryl methyl sites for hydroxylation is 2. The second kappa shape index (κ2) is 3.88. The van der Waals surface area contributed by atoms with Gasteiger partial charge in [0, 0.05) is 6.07 Å². The number of carboxylic acids is 1. The third kappa shape index (κ3) is 1.52. The number of fused-ring (bicyclic) bond motifs is 1. The van der Waals surface area contributed by atoms with E-state index in [1.165, 1.54) is 0 Å². The fourth-order valence-corrected chi connectivity index (χ4v) is 1.60. The molecule has 2 aromatic rings. The van der Waals surface area contributed by atoms with E-state index < -0.39 is 5.97 Å². The van der Waals surface area contributed by atoms with Gasteiger partial charge in [-0.3, -0.25) is 0 Å². The first-order chi connectivity index (χ1) is 7.67. The van der Waals surface area contributed by atoms with Crippen molar-refractivity contribution in [2.75, 3.05) is 0 Å². The fraction of sp³-hybridized carbons (Fsp3) is 0.400. The van der Waals surface area contributed by atoms with Crippen molar-refractivity contribution in [3.05, 3.63) is 23.1 Å². The molecule has 0 bridgehead atoms. The van der Waals surface area contributed by atoms with Crippen LogP contribution in [-0.2, 0) is 12.8 Å². The number of carbonyl (C=O) groups is 1. The first-order valence-electron chi connectivity index (χ1n) is 5.14. The summed E-state index contributed by atoms with van der Waals surface area (Å²) in [6, 6.07) is 1.82. The molecule has 6 nitrogen and oxygen atoms in total. The highest BCUT2D eigenvalue weighted by molar-refractivity contribution is 5.86. The molecule has 0 fully saturated rings. The fourth-order valence-electron chi connectivity index (χ4n) is 1.60. The molecule has 1 N–H and O–H groups in total. The van der Waals surface area contributed by atoms with Crippen LogP contribution in [0.3, 0.4) is 0 Å². The van der Waals surface area contributed by atoms with Crippen LogP contribution in [0.1, 0.15) is 35.7 Å². The summed E-state index contributed by atoms with van der Waals surface area (Å²) in [6.07, 6.45) is 1.34. The monoisotopic (exact) mass is 220 g/mol. The predicted octanol–water partition coefficient (Wildman–Crippen LogP) is 0.947. The van der Waals surface area contributed by atoms with Gasteiger partial charge >= 0.3 is 5.97 Å². The van der Waals surface area contributed by atoms with Gasteiger partial charge in [-0.15, -0.1) is 10.2 Å². The Morgan fingerprint density at radius 2 is 2.12 bits per heavy atom. The molecule has 0 aromatic carbocycles. The van der Waals surface area contributed by atoms with Gasteiger partial charge in [0.15, 0.2) is 11.3 Å². The molecule has 2 rings (SSSR count). The molecule has 0 saturated heterocycles. The van der Waals surface area contributed by atoms with Crippen molar-refractivity contribution >= 4 is 11.6 Å². The molecule has 0 aliphatic rings. The van der Waals surface area contributed by atoms with Crippen molar-refractivity contribution in [2.24, 2.45) is 0 Å². The highest BCUT2D eigenvalue weighted by Crippen LogP contribution is 2.11. The Balaban J connectivity index is 2.74. The van der Waals surface area contributed by atoms with Gasteiger partial charge < -0.3 is 5.11 Å². The third-order valence-corrected chi connectivity index (χ3v) is 2.42. The predicted molar refractivity (Wildman–Crippen MR) is 56.5 cm³/mol. The molecule has 0 aliphatic heterocycles. The maximum atomic E-state index is 11.0. The average molecular weight is 220 g/mol. The number of rotatable bonds is 3. The van der Waals surface area contributed by atoms with Crippen molar-refractivity contribution in [1.82, 2.24) is 19.8 Å². The second-order valence-electron chi connectivity index (χ2n) is 3.41. The lowest BCUT2D eigenvalue weighted by Gasteiger charge is -2.03. The number of hydrogen-bond donors (Lipinski definition) is 1. The molecule has 2 heterocycles. The van der Waals surface area contributed by atoms with Gasteiger partial charge in [-0.25, -0.2) is 9.31 Å². The maximum Gasteiger partial charge on any atom is 0.358 e. The summed E-state index contributed by atoms with van der Waals surface area (Å²) in [5.74, 6) is -1.07. The van der Waals surface area contributed by atoms with Crippen LogP contribution in [0.5, 0.6) is 0 Å². The highest BCUT2D eigenvalue weighted by Gasteiger charge is 2.16. The average Bonchev–Trinajstić information content (AvgIpc) is 2.69. The lowest BCUT2D eigenvalue weighted by atomic mass is 10.2. The Bertz CT molecular complexity index is 547. The van der Waals surface area contributed by atoms with E-state index in [-0.39, 0.29) is 5.69 Å². The van der Waals surface area contributed by atoms with Gasteiger partial charge in [0.1, 0.15) is 0 Å². The van der Waals surface area contributed by atoms with Crippen LogP contribution in [-0.4, -0.2) is 30.9 Å². The van der Waals surface area contributed by atoms with Crippen LogP contribution in [0.15, 0.2) is 6.07 Å². The minimum absolute atomic E-state index is 0.0271. The van der Waals surface area contributed by atoms with Gasteiger partial charge in [-0.05, 0) is 12.8 Å². The molecule has 84 valence electrons. The van der Waals surface area contributed by atoms with E-state index in [0.717, 1.165) is 12.1 Å². The van der Waals surface area contributed by atoms with Gasteiger partial charge in [-0.1, -0.05) is 13.8 Å². The Hall–Kier alpha value is -1.98. The smallest absolute Gasteiger partial charge is 0.358 e. The van der Waals surface area contributed by atoms with Crippen LogP contribution in [0.2, 0.25) is 0 Å². The van der Waals surface area contributed by atoms with Crippen LogP contribution >= 0.6 is 0 Å². The summed E-state index contributed by atoms with van der Waals surface area (Å²) in [5, 5.41) is 20.8. The van der Waals surface area contributed by atoms with E-state index in [1.54, 1.807) is 4.52 Å². The van der Waals surface area contributed by atoms with E-state index in [4.69, 9.17) is 5.11 Å². The second-order valence-corrected chi connectivity index (χ2v) is 3.41. The molecule has 0 atom stereocenters. The summed E-state index contributed by atoms with van der Waals surface area (Å²) in [7, 11) is 0. The molecule has 16 heavy (non-hydrogen) atoms. The van der Waals surface area contributed by atoms with Crippen molar-refractivity contribution in [3.8, 4) is 0 Å². The largest absolute Gasteiger partial charge is 0.476 e. The molecule has 0 unspecified atom stereocenters. The summed E-state index contributed by atoms with van der Waals surface area (Å²) in [4.78, 5) is 11.0. The number of hydrogen-bond acceptors (Lipinski definition) is 4. The normalized spacial score (nSPS) is 10.9.